The maximum absolute atomic E-state index is 12.5. The molecular weight excluding hydrogens is 526 g/mol. The second-order valence-corrected chi connectivity index (χ2v) is 13.0. The molecule has 0 saturated carbocycles. The molecule has 12 heteroatoms. The molecule has 1 fully saturated rings. The van der Waals surface area contributed by atoms with E-state index in [1.165, 1.54) is 23.6 Å². The molecule has 0 aliphatic carbocycles. The number of ether oxygens (including phenoxy) is 1. The first-order valence-corrected chi connectivity index (χ1v) is 14.8. The molecule has 1 aliphatic rings. The van der Waals surface area contributed by atoms with Gasteiger partial charge in [0, 0.05) is 41.6 Å². The molecule has 1 aromatic carbocycles. The van der Waals surface area contributed by atoms with Gasteiger partial charge in [0.25, 0.3) is 5.91 Å². The quantitative estimate of drug-likeness (QED) is 0.433. The summed E-state index contributed by atoms with van der Waals surface area (Å²) in [5.41, 5.74) is 3.37. The highest BCUT2D eigenvalue weighted by molar-refractivity contribution is 7.90. The van der Waals surface area contributed by atoms with Crippen LogP contribution in [0.1, 0.15) is 43.7 Å². The lowest BCUT2D eigenvalue weighted by Gasteiger charge is -2.37. The van der Waals surface area contributed by atoms with Crippen LogP contribution in [0, 0.1) is 6.92 Å². The first-order valence-electron chi connectivity index (χ1n) is 12.4. The van der Waals surface area contributed by atoms with Gasteiger partial charge in [-0.1, -0.05) is 12.1 Å². The van der Waals surface area contributed by atoms with Crippen molar-refractivity contribution in [1.82, 2.24) is 14.3 Å². The van der Waals surface area contributed by atoms with Crippen molar-refractivity contribution in [1.29, 1.82) is 0 Å². The molecule has 204 valence electrons. The molecule has 0 bridgehead atoms. The number of nitrogens with zero attached hydrogens (tertiary/aromatic N) is 3. The molecule has 0 radical (unpaired) electrons. The SMILES string of the molecule is Cc1cc(C(=O)NCC(=O)Nc2nc(-c3cccc(N4C[C@@H](C)O[C@@H](C)C4)c3)cs2)cn1S(=O)(=O)C(C)C. The van der Waals surface area contributed by atoms with Gasteiger partial charge in [-0.3, -0.25) is 9.59 Å². The van der Waals surface area contributed by atoms with E-state index in [1.807, 2.05) is 17.5 Å². The first-order chi connectivity index (χ1) is 17.9. The number of benzene rings is 1. The summed E-state index contributed by atoms with van der Waals surface area (Å²) in [5.74, 6) is -0.973. The third-order valence-electron chi connectivity index (χ3n) is 6.19. The Morgan fingerprint density at radius 3 is 2.58 bits per heavy atom. The summed E-state index contributed by atoms with van der Waals surface area (Å²) in [6, 6.07) is 9.60. The highest BCUT2D eigenvalue weighted by Crippen LogP contribution is 2.29. The molecule has 2 N–H and O–H groups in total. The minimum Gasteiger partial charge on any atom is -0.372 e. The predicted octanol–water partition coefficient (Wildman–Crippen LogP) is 3.49. The molecule has 38 heavy (non-hydrogen) atoms. The van der Waals surface area contributed by atoms with E-state index in [-0.39, 0.29) is 24.3 Å². The summed E-state index contributed by atoms with van der Waals surface area (Å²) in [5, 5.41) is 6.90. The molecule has 2 aromatic heterocycles. The van der Waals surface area contributed by atoms with Gasteiger partial charge in [0.05, 0.1) is 35.3 Å². The van der Waals surface area contributed by atoms with Crippen LogP contribution in [0.4, 0.5) is 10.8 Å². The van der Waals surface area contributed by atoms with E-state index in [0.29, 0.717) is 10.8 Å². The second kappa shape index (κ2) is 11.3. The fourth-order valence-electron chi connectivity index (χ4n) is 4.32. The van der Waals surface area contributed by atoms with Gasteiger partial charge in [-0.25, -0.2) is 17.4 Å². The first kappa shape index (κ1) is 27.8. The Labute approximate surface area is 227 Å². The minimum absolute atomic E-state index is 0.154. The molecule has 3 heterocycles. The summed E-state index contributed by atoms with van der Waals surface area (Å²) in [7, 11) is -3.58. The van der Waals surface area contributed by atoms with E-state index < -0.39 is 27.1 Å². The molecule has 1 saturated heterocycles. The van der Waals surface area contributed by atoms with Gasteiger partial charge in [0.2, 0.25) is 15.9 Å². The van der Waals surface area contributed by atoms with Crippen LogP contribution in [0.15, 0.2) is 41.9 Å². The number of amides is 2. The largest absolute Gasteiger partial charge is 0.372 e. The van der Waals surface area contributed by atoms with Crippen LogP contribution in [-0.2, 0) is 19.6 Å². The van der Waals surface area contributed by atoms with E-state index in [2.05, 4.69) is 46.5 Å². The number of aromatic nitrogens is 2. The zero-order chi connectivity index (χ0) is 27.6. The lowest BCUT2D eigenvalue weighted by molar-refractivity contribution is -0.115. The van der Waals surface area contributed by atoms with Gasteiger partial charge >= 0.3 is 0 Å². The van der Waals surface area contributed by atoms with E-state index >= 15 is 0 Å². The molecule has 2 atom stereocenters. The Morgan fingerprint density at radius 2 is 1.89 bits per heavy atom. The number of anilines is 2. The molecule has 0 unspecified atom stereocenters. The summed E-state index contributed by atoms with van der Waals surface area (Å²) >= 11 is 1.30. The average molecular weight is 560 g/mol. The van der Waals surface area contributed by atoms with Crippen LogP contribution in [-0.4, -0.2) is 66.3 Å². The topological polar surface area (TPSA) is 123 Å². The summed E-state index contributed by atoms with van der Waals surface area (Å²) < 4.78 is 31.8. The Morgan fingerprint density at radius 1 is 1.18 bits per heavy atom. The van der Waals surface area contributed by atoms with Crippen molar-refractivity contribution in [2.45, 2.75) is 52.1 Å². The van der Waals surface area contributed by atoms with Gasteiger partial charge in [-0.05, 0) is 52.8 Å². The summed E-state index contributed by atoms with van der Waals surface area (Å²) in [4.78, 5) is 31.8. The Bertz CT molecular complexity index is 1420. The number of aryl methyl sites for hydroxylation is 1. The van der Waals surface area contributed by atoms with Gasteiger partial charge in [-0.2, -0.15) is 0 Å². The number of nitrogens with one attached hydrogen (secondary N) is 2. The summed E-state index contributed by atoms with van der Waals surface area (Å²) in [6.45, 7) is 10.2. The van der Waals surface area contributed by atoms with Gasteiger partial charge in [0.1, 0.15) is 0 Å². The number of hydrogen-bond donors (Lipinski definition) is 2. The number of carbonyl (C=O) groups excluding carboxylic acids is 2. The van der Waals surface area contributed by atoms with E-state index in [1.54, 1.807) is 20.8 Å². The number of morpholine rings is 1. The Balaban J connectivity index is 1.35. The smallest absolute Gasteiger partial charge is 0.253 e. The van der Waals surface area contributed by atoms with E-state index in [0.717, 1.165) is 34.0 Å². The van der Waals surface area contributed by atoms with Crippen molar-refractivity contribution in [3.05, 3.63) is 53.2 Å². The molecule has 4 rings (SSSR count). The lowest BCUT2D eigenvalue weighted by Crippen LogP contribution is -2.45. The van der Waals surface area contributed by atoms with Gasteiger partial charge < -0.3 is 20.3 Å². The zero-order valence-corrected chi connectivity index (χ0v) is 23.7. The monoisotopic (exact) mass is 559 g/mol. The fraction of sp³-hybridized carbons (Fsp3) is 0.423. The van der Waals surface area contributed by atoms with Gasteiger partial charge in [-0.15, -0.1) is 11.3 Å². The number of rotatable bonds is 8. The van der Waals surface area contributed by atoms with Crippen molar-refractivity contribution in [3.8, 4) is 11.3 Å². The third-order valence-corrected chi connectivity index (χ3v) is 9.08. The highest BCUT2D eigenvalue weighted by atomic mass is 32.2. The van der Waals surface area contributed by atoms with Crippen LogP contribution in [0.25, 0.3) is 11.3 Å². The van der Waals surface area contributed by atoms with Crippen molar-refractivity contribution in [2.24, 2.45) is 0 Å². The molecule has 3 aromatic rings. The second-order valence-electron chi connectivity index (χ2n) is 9.74. The standard InChI is InChI=1S/C26H33N5O5S2/c1-16(2)38(34,35)31-14-21(9-17(31)3)25(33)27-11-24(32)29-26-28-23(15-37-26)20-7-6-8-22(10-20)30-12-18(4)36-19(5)13-30/h6-10,14-16,18-19H,11-13H2,1-5H3,(H,27,33)(H,28,29,32)/t18-,19+. The minimum atomic E-state index is -3.58. The van der Waals surface area contributed by atoms with Crippen molar-refractivity contribution in [2.75, 3.05) is 29.9 Å². The third kappa shape index (κ3) is 6.25. The average Bonchev–Trinajstić information content (AvgIpc) is 3.49. The van der Waals surface area contributed by atoms with Crippen molar-refractivity contribution >= 4 is 44.0 Å². The van der Waals surface area contributed by atoms with Crippen LogP contribution < -0.4 is 15.5 Å². The number of carbonyl (C=O) groups is 2. The lowest BCUT2D eigenvalue weighted by atomic mass is 10.1. The highest BCUT2D eigenvalue weighted by Gasteiger charge is 2.24. The molecule has 1 aliphatic heterocycles. The van der Waals surface area contributed by atoms with Crippen molar-refractivity contribution in [3.63, 3.8) is 0 Å². The molecular formula is C26H33N5O5S2. The Hall–Kier alpha value is -3.22. The van der Waals surface area contributed by atoms with Crippen LogP contribution in [0.2, 0.25) is 0 Å². The van der Waals surface area contributed by atoms with Crippen molar-refractivity contribution < 1.29 is 22.7 Å². The maximum atomic E-state index is 12.5. The Kier molecular flexibility index (Phi) is 8.24. The number of thiazole rings is 1. The molecule has 10 nitrogen and oxygen atoms in total. The fourth-order valence-corrected chi connectivity index (χ4v) is 6.22. The molecule has 2 amide bonds. The van der Waals surface area contributed by atoms with E-state index in [9.17, 15) is 18.0 Å². The van der Waals surface area contributed by atoms with Crippen LogP contribution in [0.5, 0.6) is 0 Å². The number of hydrogen-bond acceptors (Lipinski definition) is 8. The van der Waals surface area contributed by atoms with Gasteiger partial charge in [0.15, 0.2) is 5.13 Å². The normalized spacial score (nSPS) is 18.0. The van der Waals surface area contributed by atoms with Crippen LogP contribution >= 0.6 is 11.3 Å². The summed E-state index contributed by atoms with van der Waals surface area (Å²) in [6.07, 6.45) is 1.58. The molecule has 0 spiro atoms. The maximum Gasteiger partial charge on any atom is 0.253 e. The zero-order valence-electron chi connectivity index (χ0n) is 22.1. The predicted molar refractivity (Wildman–Crippen MR) is 149 cm³/mol. The van der Waals surface area contributed by atoms with E-state index in [4.69, 9.17) is 4.74 Å². The van der Waals surface area contributed by atoms with Crippen LogP contribution in [0.3, 0.4) is 0 Å².